The maximum atomic E-state index is 5.99. The largest absolute Gasteiger partial charge is 0.379 e. The number of hydrogen-bond acceptors (Lipinski definition) is 4. The second-order valence-corrected chi connectivity index (χ2v) is 5.48. The summed E-state index contributed by atoms with van der Waals surface area (Å²) in [6.45, 7) is 7.59. The molecule has 1 saturated heterocycles. The van der Waals surface area contributed by atoms with Crippen molar-refractivity contribution in [2.45, 2.75) is 38.1 Å². The van der Waals surface area contributed by atoms with Gasteiger partial charge >= 0.3 is 0 Å². The molecule has 2 N–H and O–H groups in total. The van der Waals surface area contributed by atoms with Crippen LogP contribution in [0.3, 0.4) is 0 Å². The average Bonchev–Trinajstić information content (AvgIpc) is 2.70. The lowest BCUT2D eigenvalue weighted by Crippen LogP contribution is -2.28. The fourth-order valence-corrected chi connectivity index (χ4v) is 1.87. The maximum Gasteiger partial charge on any atom is 0.156 e. The van der Waals surface area contributed by atoms with Crippen LogP contribution >= 0.6 is 0 Å². The molecule has 0 bridgehead atoms. The van der Waals surface area contributed by atoms with Crippen molar-refractivity contribution in [2.24, 2.45) is 12.8 Å². The molecule has 2 unspecified atom stereocenters. The Balaban J connectivity index is 2.32. The molecule has 1 aliphatic heterocycles. The molecular weight excluding hydrogens is 204 g/mol. The van der Waals surface area contributed by atoms with Gasteiger partial charge in [0.1, 0.15) is 5.82 Å². The Morgan fingerprint density at radius 1 is 1.38 bits per heavy atom. The number of ether oxygens (including phenoxy) is 1. The molecular formula is C11H20N4O. The SMILES string of the molecule is Cn1nc(C(C)(C)C)nc1C1COCC1N. The van der Waals surface area contributed by atoms with Gasteiger partial charge in [-0.3, -0.25) is 4.68 Å². The van der Waals surface area contributed by atoms with Gasteiger partial charge in [-0.2, -0.15) is 5.10 Å². The molecule has 0 aliphatic carbocycles. The first-order chi connectivity index (χ1) is 7.39. The van der Waals surface area contributed by atoms with Crippen molar-refractivity contribution in [1.29, 1.82) is 0 Å². The van der Waals surface area contributed by atoms with Crippen LogP contribution in [-0.4, -0.2) is 34.0 Å². The van der Waals surface area contributed by atoms with Crippen molar-refractivity contribution in [3.05, 3.63) is 11.6 Å². The summed E-state index contributed by atoms with van der Waals surface area (Å²) in [5, 5.41) is 4.46. The van der Waals surface area contributed by atoms with Crippen molar-refractivity contribution in [3.8, 4) is 0 Å². The van der Waals surface area contributed by atoms with Crippen LogP contribution in [0, 0.1) is 0 Å². The highest BCUT2D eigenvalue weighted by Crippen LogP contribution is 2.25. The van der Waals surface area contributed by atoms with Crippen LogP contribution in [0.5, 0.6) is 0 Å². The highest BCUT2D eigenvalue weighted by Gasteiger charge is 2.32. The first-order valence-corrected chi connectivity index (χ1v) is 5.64. The molecule has 90 valence electrons. The van der Waals surface area contributed by atoms with E-state index in [-0.39, 0.29) is 17.4 Å². The predicted molar refractivity (Wildman–Crippen MR) is 61.2 cm³/mol. The predicted octanol–water partition coefficient (Wildman–Crippen LogP) is 0.554. The van der Waals surface area contributed by atoms with E-state index in [9.17, 15) is 0 Å². The Kier molecular flexibility index (Phi) is 2.75. The number of nitrogens with two attached hydrogens (primary N) is 1. The van der Waals surface area contributed by atoms with Gasteiger partial charge in [-0.15, -0.1) is 0 Å². The van der Waals surface area contributed by atoms with Crippen molar-refractivity contribution in [1.82, 2.24) is 14.8 Å². The fraction of sp³-hybridized carbons (Fsp3) is 0.818. The van der Waals surface area contributed by atoms with Crippen LogP contribution in [0.25, 0.3) is 0 Å². The highest BCUT2D eigenvalue weighted by molar-refractivity contribution is 5.10. The quantitative estimate of drug-likeness (QED) is 0.756. The Morgan fingerprint density at radius 2 is 2.06 bits per heavy atom. The third kappa shape index (κ3) is 1.97. The fourth-order valence-electron chi connectivity index (χ4n) is 1.87. The molecule has 2 rings (SSSR count). The number of hydrogen-bond donors (Lipinski definition) is 1. The van der Waals surface area contributed by atoms with Crippen molar-refractivity contribution < 1.29 is 4.74 Å². The molecule has 0 amide bonds. The van der Waals surface area contributed by atoms with Gasteiger partial charge in [0, 0.05) is 18.5 Å². The summed E-state index contributed by atoms with van der Waals surface area (Å²) in [6, 6.07) is 0.0377. The molecule has 0 aromatic carbocycles. The second kappa shape index (κ2) is 3.82. The summed E-state index contributed by atoms with van der Waals surface area (Å²) in [5.74, 6) is 1.98. The van der Waals surface area contributed by atoms with Crippen LogP contribution < -0.4 is 5.73 Å². The van der Waals surface area contributed by atoms with Crippen molar-refractivity contribution in [3.63, 3.8) is 0 Å². The molecule has 2 atom stereocenters. The van der Waals surface area contributed by atoms with E-state index >= 15 is 0 Å². The van der Waals surface area contributed by atoms with E-state index in [1.54, 1.807) is 0 Å². The van der Waals surface area contributed by atoms with Crippen molar-refractivity contribution >= 4 is 0 Å². The normalized spacial score (nSPS) is 26.3. The minimum Gasteiger partial charge on any atom is -0.379 e. The zero-order chi connectivity index (χ0) is 11.9. The molecule has 0 spiro atoms. The lowest BCUT2D eigenvalue weighted by Gasteiger charge is -2.13. The first-order valence-electron chi connectivity index (χ1n) is 5.64. The van der Waals surface area contributed by atoms with E-state index < -0.39 is 0 Å². The molecule has 1 aromatic heterocycles. The summed E-state index contributed by atoms with van der Waals surface area (Å²) in [5.41, 5.74) is 5.96. The van der Waals surface area contributed by atoms with Crippen LogP contribution in [0.2, 0.25) is 0 Å². The molecule has 0 radical (unpaired) electrons. The van der Waals surface area contributed by atoms with Gasteiger partial charge in [0.2, 0.25) is 0 Å². The third-order valence-electron chi connectivity index (χ3n) is 2.92. The van der Waals surface area contributed by atoms with Gasteiger partial charge < -0.3 is 10.5 Å². The van der Waals surface area contributed by atoms with E-state index in [4.69, 9.17) is 10.5 Å². The topological polar surface area (TPSA) is 66.0 Å². The summed E-state index contributed by atoms with van der Waals surface area (Å²) in [6.07, 6.45) is 0. The van der Waals surface area contributed by atoms with E-state index in [0.717, 1.165) is 11.6 Å². The minimum absolute atomic E-state index is 0.0282. The zero-order valence-electron chi connectivity index (χ0n) is 10.4. The van der Waals surface area contributed by atoms with Gasteiger partial charge in [0.05, 0.1) is 19.1 Å². The summed E-state index contributed by atoms with van der Waals surface area (Å²) in [7, 11) is 1.92. The van der Waals surface area contributed by atoms with Gasteiger partial charge in [-0.25, -0.2) is 4.98 Å². The molecule has 1 aliphatic rings. The number of nitrogens with zero attached hydrogens (tertiary/aromatic N) is 3. The minimum atomic E-state index is -0.0282. The first kappa shape index (κ1) is 11.5. The summed E-state index contributed by atoms with van der Waals surface area (Å²) in [4.78, 5) is 4.61. The van der Waals surface area contributed by atoms with Crippen LogP contribution in [0.1, 0.15) is 38.3 Å². The second-order valence-electron chi connectivity index (χ2n) is 5.48. The highest BCUT2D eigenvalue weighted by atomic mass is 16.5. The van der Waals surface area contributed by atoms with Gasteiger partial charge in [0.25, 0.3) is 0 Å². The standard InChI is InChI=1S/C11H20N4O/c1-11(2,3)10-13-9(15(4)14-10)7-5-16-6-8(7)12/h7-8H,5-6,12H2,1-4H3. The Hall–Kier alpha value is -0.940. The van der Waals surface area contributed by atoms with Gasteiger partial charge in [-0.05, 0) is 0 Å². The van der Waals surface area contributed by atoms with Crippen molar-refractivity contribution in [2.75, 3.05) is 13.2 Å². The summed E-state index contributed by atoms with van der Waals surface area (Å²) < 4.78 is 7.20. The number of aromatic nitrogens is 3. The molecule has 5 heteroatoms. The van der Waals surface area contributed by atoms with E-state index in [1.807, 2.05) is 11.7 Å². The molecule has 1 aromatic rings. The summed E-state index contributed by atoms with van der Waals surface area (Å²) >= 11 is 0. The Labute approximate surface area is 96.0 Å². The Bertz CT molecular complexity index is 380. The van der Waals surface area contributed by atoms with Gasteiger partial charge in [-0.1, -0.05) is 20.8 Å². The van der Waals surface area contributed by atoms with Crippen LogP contribution in [0.15, 0.2) is 0 Å². The number of rotatable bonds is 1. The molecule has 16 heavy (non-hydrogen) atoms. The third-order valence-corrected chi connectivity index (χ3v) is 2.92. The lowest BCUT2D eigenvalue weighted by atomic mass is 9.96. The van der Waals surface area contributed by atoms with Gasteiger partial charge in [0.15, 0.2) is 5.82 Å². The molecule has 5 nitrogen and oxygen atoms in total. The van der Waals surface area contributed by atoms with E-state index in [1.165, 1.54) is 0 Å². The zero-order valence-corrected chi connectivity index (χ0v) is 10.4. The van der Waals surface area contributed by atoms with Crippen LogP contribution in [0.4, 0.5) is 0 Å². The smallest absolute Gasteiger partial charge is 0.156 e. The van der Waals surface area contributed by atoms with E-state index in [2.05, 4.69) is 30.9 Å². The van der Waals surface area contributed by atoms with E-state index in [0.29, 0.717) is 13.2 Å². The molecule has 1 fully saturated rings. The molecule has 0 saturated carbocycles. The maximum absolute atomic E-state index is 5.99. The van der Waals surface area contributed by atoms with Crippen LogP contribution in [-0.2, 0) is 17.2 Å². The Morgan fingerprint density at radius 3 is 2.50 bits per heavy atom. The average molecular weight is 224 g/mol. The molecule has 2 heterocycles. The lowest BCUT2D eigenvalue weighted by molar-refractivity contribution is 0.190. The monoisotopic (exact) mass is 224 g/mol. The number of aryl methyl sites for hydroxylation is 1.